The summed E-state index contributed by atoms with van der Waals surface area (Å²) in [7, 11) is 0. The van der Waals surface area contributed by atoms with Crippen LogP contribution >= 0.6 is 11.6 Å². The van der Waals surface area contributed by atoms with Crippen molar-refractivity contribution < 1.29 is 14.7 Å². The van der Waals surface area contributed by atoms with Crippen molar-refractivity contribution >= 4 is 29.2 Å². The molecule has 3 N–H and O–H groups in total. The molecule has 0 radical (unpaired) electrons. The molecule has 1 fully saturated rings. The molecule has 0 bridgehead atoms. The first-order valence-corrected chi connectivity index (χ1v) is 6.50. The van der Waals surface area contributed by atoms with Crippen molar-refractivity contribution in [1.82, 2.24) is 5.32 Å². The molecule has 0 unspecified atom stereocenters. The highest BCUT2D eigenvalue weighted by molar-refractivity contribution is 6.31. The van der Waals surface area contributed by atoms with Crippen LogP contribution in [0.5, 0.6) is 0 Å². The summed E-state index contributed by atoms with van der Waals surface area (Å²) in [6.45, 7) is 0.942. The van der Waals surface area contributed by atoms with Crippen molar-refractivity contribution in [1.29, 1.82) is 0 Å². The van der Waals surface area contributed by atoms with Crippen LogP contribution < -0.4 is 10.6 Å². The Labute approximate surface area is 116 Å². The van der Waals surface area contributed by atoms with E-state index in [1.54, 1.807) is 12.1 Å². The Morgan fingerprint density at radius 1 is 1.32 bits per heavy atom. The SMILES string of the molecule is O=C(O)c1cc(Cl)ccc1NCCNC(=O)C1CC1. The van der Waals surface area contributed by atoms with E-state index in [0.717, 1.165) is 12.8 Å². The molecule has 0 aromatic heterocycles. The van der Waals surface area contributed by atoms with Crippen LogP contribution in [0.1, 0.15) is 23.2 Å². The second-order valence-electron chi connectivity index (χ2n) is 4.49. The fraction of sp³-hybridized carbons (Fsp3) is 0.385. The van der Waals surface area contributed by atoms with Crippen LogP contribution in [0.3, 0.4) is 0 Å². The number of anilines is 1. The molecule has 0 heterocycles. The largest absolute Gasteiger partial charge is 0.478 e. The second kappa shape index (κ2) is 5.93. The number of carboxylic acids is 1. The van der Waals surface area contributed by atoms with Gasteiger partial charge in [-0.05, 0) is 31.0 Å². The Bertz CT molecular complexity index is 501. The Morgan fingerprint density at radius 2 is 2.05 bits per heavy atom. The van der Waals surface area contributed by atoms with E-state index in [0.29, 0.717) is 23.8 Å². The molecular formula is C13H15ClN2O3. The van der Waals surface area contributed by atoms with Crippen molar-refractivity contribution in [2.24, 2.45) is 5.92 Å². The van der Waals surface area contributed by atoms with Gasteiger partial charge in [0.1, 0.15) is 0 Å². The van der Waals surface area contributed by atoms with Crippen LogP contribution in [0, 0.1) is 5.92 Å². The average molecular weight is 283 g/mol. The summed E-state index contributed by atoms with van der Waals surface area (Å²) in [5.74, 6) is -0.770. The molecule has 0 atom stereocenters. The number of benzene rings is 1. The summed E-state index contributed by atoms with van der Waals surface area (Å²) >= 11 is 5.76. The Hall–Kier alpha value is -1.75. The van der Waals surface area contributed by atoms with Gasteiger partial charge in [-0.3, -0.25) is 4.79 Å². The number of halogens is 1. The van der Waals surface area contributed by atoms with Gasteiger partial charge in [0.2, 0.25) is 5.91 Å². The van der Waals surface area contributed by atoms with Gasteiger partial charge in [0.05, 0.1) is 5.56 Å². The zero-order valence-electron chi connectivity index (χ0n) is 10.3. The lowest BCUT2D eigenvalue weighted by Gasteiger charge is -2.10. The molecule has 1 aliphatic rings. The lowest BCUT2D eigenvalue weighted by molar-refractivity contribution is -0.122. The molecule has 6 heteroatoms. The normalized spacial score (nSPS) is 13.9. The smallest absolute Gasteiger partial charge is 0.337 e. The molecular weight excluding hydrogens is 268 g/mol. The summed E-state index contributed by atoms with van der Waals surface area (Å²) in [6.07, 6.45) is 1.94. The molecule has 1 amide bonds. The van der Waals surface area contributed by atoms with E-state index in [1.807, 2.05) is 0 Å². The van der Waals surface area contributed by atoms with Gasteiger partial charge in [-0.1, -0.05) is 11.6 Å². The van der Waals surface area contributed by atoms with Crippen LogP contribution in [0.4, 0.5) is 5.69 Å². The number of rotatable bonds is 6. The molecule has 1 aromatic carbocycles. The maximum absolute atomic E-state index is 11.4. The molecule has 19 heavy (non-hydrogen) atoms. The Kier molecular flexibility index (Phi) is 4.27. The summed E-state index contributed by atoms with van der Waals surface area (Å²) in [5, 5.41) is 15.2. The minimum atomic E-state index is -1.04. The maximum Gasteiger partial charge on any atom is 0.337 e. The molecule has 1 aliphatic carbocycles. The minimum Gasteiger partial charge on any atom is -0.478 e. The topological polar surface area (TPSA) is 78.4 Å². The van der Waals surface area contributed by atoms with Crippen molar-refractivity contribution in [3.8, 4) is 0 Å². The lowest BCUT2D eigenvalue weighted by Crippen LogP contribution is -2.30. The summed E-state index contributed by atoms with van der Waals surface area (Å²) in [4.78, 5) is 22.4. The molecule has 1 saturated carbocycles. The number of carbonyl (C=O) groups excluding carboxylic acids is 1. The highest BCUT2D eigenvalue weighted by Gasteiger charge is 2.28. The van der Waals surface area contributed by atoms with Crippen LogP contribution in [0.15, 0.2) is 18.2 Å². The standard InChI is InChI=1S/C13H15ClN2O3/c14-9-3-4-11(10(7-9)13(18)19)15-5-6-16-12(17)8-1-2-8/h3-4,7-8,15H,1-2,5-6H2,(H,16,17)(H,18,19). The highest BCUT2D eigenvalue weighted by Crippen LogP contribution is 2.28. The molecule has 0 aliphatic heterocycles. The van der Waals surface area contributed by atoms with Gasteiger partial charge in [0.15, 0.2) is 0 Å². The van der Waals surface area contributed by atoms with Crippen LogP contribution in [0.2, 0.25) is 5.02 Å². The molecule has 1 aromatic rings. The first kappa shape index (κ1) is 13.7. The average Bonchev–Trinajstić information content (AvgIpc) is 3.19. The van der Waals surface area contributed by atoms with E-state index in [2.05, 4.69) is 10.6 Å². The molecule has 0 spiro atoms. The Morgan fingerprint density at radius 3 is 2.68 bits per heavy atom. The number of hydrogen-bond donors (Lipinski definition) is 3. The lowest BCUT2D eigenvalue weighted by atomic mass is 10.2. The number of nitrogens with one attached hydrogen (secondary N) is 2. The number of carbonyl (C=O) groups is 2. The van der Waals surface area contributed by atoms with Gasteiger partial charge >= 0.3 is 5.97 Å². The Balaban J connectivity index is 1.84. The predicted octanol–water partition coefficient (Wildman–Crippen LogP) is 1.98. The molecule has 0 saturated heterocycles. The number of carboxylic acid groups (broad SMARTS) is 1. The van der Waals surface area contributed by atoms with E-state index in [-0.39, 0.29) is 17.4 Å². The van der Waals surface area contributed by atoms with E-state index in [9.17, 15) is 9.59 Å². The van der Waals surface area contributed by atoms with Crippen molar-refractivity contribution in [3.63, 3.8) is 0 Å². The first-order chi connectivity index (χ1) is 9.08. The molecule has 102 valence electrons. The van der Waals surface area contributed by atoms with Crippen LogP contribution in [-0.4, -0.2) is 30.1 Å². The zero-order valence-corrected chi connectivity index (χ0v) is 11.0. The summed E-state index contributed by atoms with van der Waals surface area (Å²) in [6, 6.07) is 4.64. The van der Waals surface area contributed by atoms with E-state index in [4.69, 9.17) is 16.7 Å². The van der Waals surface area contributed by atoms with Gasteiger partial charge in [-0.2, -0.15) is 0 Å². The van der Waals surface area contributed by atoms with Crippen molar-refractivity contribution in [3.05, 3.63) is 28.8 Å². The summed E-state index contributed by atoms with van der Waals surface area (Å²) in [5.41, 5.74) is 0.624. The van der Waals surface area contributed by atoms with E-state index < -0.39 is 5.97 Å². The predicted molar refractivity (Wildman–Crippen MR) is 72.6 cm³/mol. The fourth-order valence-electron chi connectivity index (χ4n) is 1.72. The van der Waals surface area contributed by atoms with E-state index >= 15 is 0 Å². The quantitative estimate of drug-likeness (QED) is 0.697. The first-order valence-electron chi connectivity index (χ1n) is 6.12. The monoisotopic (exact) mass is 282 g/mol. The highest BCUT2D eigenvalue weighted by atomic mass is 35.5. The second-order valence-corrected chi connectivity index (χ2v) is 4.92. The van der Waals surface area contributed by atoms with Gasteiger partial charge in [0, 0.05) is 29.7 Å². The number of hydrogen-bond acceptors (Lipinski definition) is 3. The van der Waals surface area contributed by atoms with Crippen LogP contribution in [-0.2, 0) is 4.79 Å². The zero-order chi connectivity index (χ0) is 13.8. The number of aromatic carboxylic acids is 1. The number of amides is 1. The van der Waals surface area contributed by atoms with Crippen molar-refractivity contribution in [2.75, 3.05) is 18.4 Å². The third-order valence-electron chi connectivity index (χ3n) is 2.90. The third kappa shape index (κ3) is 3.86. The van der Waals surface area contributed by atoms with Crippen LogP contribution in [0.25, 0.3) is 0 Å². The van der Waals surface area contributed by atoms with Crippen molar-refractivity contribution in [2.45, 2.75) is 12.8 Å². The van der Waals surface area contributed by atoms with Gasteiger partial charge < -0.3 is 15.7 Å². The minimum absolute atomic E-state index is 0.0800. The fourth-order valence-corrected chi connectivity index (χ4v) is 1.89. The van der Waals surface area contributed by atoms with E-state index in [1.165, 1.54) is 6.07 Å². The van der Waals surface area contributed by atoms with Gasteiger partial charge in [-0.25, -0.2) is 4.79 Å². The molecule has 2 rings (SSSR count). The maximum atomic E-state index is 11.4. The summed E-state index contributed by atoms with van der Waals surface area (Å²) < 4.78 is 0. The molecule has 5 nitrogen and oxygen atoms in total. The van der Waals surface area contributed by atoms with Gasteiger partial charge in [-0.15, -0.1) is 0 Å². The third-order valence-corrected chi connectivity index (χ3v) is 3.13. The van der Waals surface area contributed by atoms with Gasteiger partial charge in [0.25, 0.3) is 0 Å².